The molecule has 0 fully saturated rings. The van der Waals surface area contributed by atoms with Crippen LogP contribution < -0.4 is 41.4 Å². The quantitative estimate of drug-likeness (QED) is 0.0155. The molecule has 0 aliphatic rings. The minimum Gasteiger partial charge on any atom is -0.488 e. The number of aliphatic hydroxyl groups is 1. The van der Waals surface area contributed by atoms with Crippen molar-refractivity contribution in [3.05, 3.63) is 95.6 Å². The molecule has 0 aliphatic carbocycles. The van der Waals surface area contributed by atoms with Crippen molar-refractivity contribution in [1.82, 2.24) is 36.8 Å². The smallest absolute Gasteiger partial charge is 0.414 e. The van der Waals surface area contributed by atoms with Crippen LogP contribution in [0.25, 0.3) is 0 Å². The van der Waals surface area contributed by atoms with Crippen molar-refractivity contribution < 1.29 is 57.6 Å². The number of amides is 6. The zero-order chi connectivity index (χ0) is 62.0. The maximum atomic E-state index is 14.8. The molecule has 0 bridgehead atoms. The van der Waals surface area contributed by atoms with E-state index in [1.54, 1.807) is 86.6 Å². The van der Waals surface area contributed by atoms with Crippen molar-refractivity contribution in [2.24, 2.45) is 4.99 Å². The normalized spacial score (nSPS) is 13.1. The van der Waals surface area contributed by atoms with E-state index in [1.807, 2.05) is 96.1 Å². The lowest BCUT2D eigenvalue weighted by molar-refractivity contribution is -0.137. The monoisotopic (exact) mass is 1160 g/mol. The molecular weight excluding hydrogens is 1060 g/mol. The molecule has 462 valence electrons. The molecule has 20 nitrogen and oxygen atoms in total. The van der Waals surface area contributed by atoms with E-state index in [-0.39, 0.29) is 38.3 Å². The molecule has 0 saturated carbocycles. The Labute approximate surface area is 493 Å². The van der Waals surface area contributed by atoms with E-state index in [0.717, 1.165) is 28.9 Å². The van der Waals surface area contributed by atoms with E-state index >= 15 is 0 Å². The summed E-state index contributed by atoms with van der Waals surface area (Å²) in [6.07, 6.45) is 1.79. The largest absolute Gasteiger partial charge is 0.488 e. The Kier molecular flexibility index (Phi) is 28.5. The molecule has 0 spiro atoms. The summed E-state index contributed by atoms with van der Waals surface area (Å²) in [6.45, 7) is 28.3. The van der Waals surface area contributed by atoms with Gasteiger partial charge >= 0.3 is 18.3 Å². The number of aliphatic hydroxyl groups excluding tert-OH is 1. The van der Waals surface area contributed by atoms with Crippen LogP contribution in [-0.2, 0) is 48.0 Å². The maximum Gasteiger partial charge on any atom is 0.414 e. The van der Waals surface area contributed by atoms with Gasteiger partial charge in [-0.2, -0.15) is 0 Å². The number of guanidine groups is 1. The summed E-state index contributed by atoms with van der Waals surface area (Å²) >= 11 is 0. The second-order valence-electron chi connectivity index (χ2n) is 25.5. The van der Waals surface area contributed by atoms with Crippen LogP contribution in [-0.4, -0.2) is 131 Å². The average Bonchev–Trinajstić information content (AvgIpc) is 3.52. The number of rotatable bonds is 28. The number of ether oxygens (including phenoxy) is 5. The number of nitrogens with one attached hydrogen (secondary N) is 6. The standard InChI is InChI=1S/C63H98N8O12/c1-59(2,3)79-47-32-28-44(29-33-47)41-49(65-37-22-16-17-23-38-66-55(69-56(76)81-61(7,8)9)70-57(77)82-62(10,11)12)52(73)67-50(42-45-30-34-48(35-31-45)80-60(4,5)6)53(74)68-54(75)51(71(39-40-72)58(78)83-63(13,14)15)27-21-24-36-64-43-46-25-19-18-20-26-46/h18-20,25-26,28-35,49-51,64-65,72H,16-17,21-24,27,36-43H2,1-15H3,(H,67,73)(H,68,74,75)(H2,66,69,70,76,77)/t49-,50-,51-/m0/s1. The highest BCUT2D eigenvalue weighted by Gasteiger charge is 2.35. The minimum absolute atomic E-state index is 0.0127. The number of nitrogens with zero attached hydrogens (tertiary/aromatic N) is 2. The topological polar surface area (TPSA) is 257 Å². The number of benzene rings is 3. The first-order valence-electron chi connectivity index (χ1n) is 29.0. The van der Waals surface area contributed by atoms with Gasteiger partial charge in [0.05, 0.1) is 12.6 Å². The first kappa shape index (κ1) is 70.5. The van der Waals surface area contributed by atoms with Crippen LogP contribution in [0, 0.1) is 0 Å². The first-order valence-corrected chi connectivity index (χ1v) is 29.0. The number of alkyl carbamates (subject to hydrolysis) is 2. The van der Waals surface area contributed by atoms with E-state index in [9.17, 15) is 33.9 Å². The molecule has 83 heavy (non-hydrogen) atoms. The summed E-state index contributed by atoms with van der Waals surface area (Å²) in [6, 6.07) is 21.2. The Hall–Kier alpha value is -6.77. The van der Waals surface area contributed by atoms with E-state index < -0.39 is 88.7 Å². The van der Waals surface area contributed by atoms with Gasteiger partial charge in [-0.1, -0.05) is 67.4 Å². The Morgan fingerprint density at radius 2 is 1.01 bits per heavy atom. The number of unbranched alkanes of at least 4 members (excludes halogenated alkanes) is 4. The number of hydrogen-bond donors (Lipinski definition) is 7. The summed E-state index contributed by atoms with van der Waals surface area (Å²) in [7, 11) is 0. The summed E-state index contributed by atoms with van der Waals surface area (Å²) in [5.74, 6) is -0.906. The first-order chi connectivity index (χ1) is 38.7. The number of aliphatic imine (C=N–C) groups is 1. The summed E-state index contributed by atoms with van der Waals surface area (Å²) in [5.41, 5.74) is -0.782. The Bertz CT molecular complexity index is 2480. The van der Waals surface area contributed by atoms with Gasteiger partial charge in [0.1, 0.15) is 51.6 Å². The zero-order valence-corrected chi connectivity index (χ0v) is 52.2. The van der Waals surface area contributed by atoms with Crippen molar-refractivity contribution >= 4 is 42.0 Å². The predicted octanol–water partition coefficient (Wildman–Crippen LogP) is 9.44. The summed E-state index contributed by atoms with van der Waals surface area (Å²) in [4.78, 5) is 88.5. The fraction of sp³-hybridized carbons (Fsp3) is 0.603. The lowest BCUT2D eigenvalue weighted by Gasteiger charge is -2.33. The van der Waals surface area contributed by atoms with Gasteiger partial charge in [0.2, 0.25) is 23.7 Å². The maximum absolute atomic E-state index is 14.8. The van der Waals surface area contributed by atoms with Crippen LogP contribution in [0.5, 0.6) is 11.5 Å². The highest BCUT2D eigenvalue weighted by molar-refractivity contribution is 6.03. The lowest BCUT2D eigenvalue weighted by Crippen LogP contribution is -2.58. The molecule has 6 amide bonds. The van der Waals surface area contributed by atoms with Crippen molar-refractivity contribution in [2.75, 3.05) is 32.8 Å². The molecule has 3 aromatic rings. The van der Waals surface area contributed by atoms with Crippen LogP contribution in [0.1, 0.15) is 165 Å². The third-order valence-corrected chi connectivity index (χ3v) is 11.7. The Morgan fingerprint density at radius 1 is 0.518 bits per heavy atom. The molecule has 0 unspecified atom stereocenters. The summed E-state index contributed by atoms with van der Waals surface area (Å²) < 4.78 is 28.5. The van der Waals surface area contributed by atoms with E-state index in [2.05, 4.69) is 36.9 Å². The Morgan fingerprint density at radius 3 is 1.51 bits per heavy atom. The van der Waals surface area contributed by atoms with Gasteiger partial charge in [0.15, 0.2) is 0 Å². The molecule has 20 heteroatoms. The van der Waals surface area contributed by atoms with Gasteiger partial charge in [0.25, 0.3) is 0 Å². The molecule has 3 rings (SSSR count). The van der Waals surface area contributed by atoms with Crippen molar-refractivity contribution in [1.29, 1.82) is 0 Å². The van der Waals surface area contributed by atoms with Gasteiger partial charge in [-0.3, -0.25) is 40.2 Å². The molecule has 0 aliphatic heterocycles. The van der Waals surface area contributed by atoms with Gasteiger partial charge in [-0.25, -0.2) is 14.4 Å². The SMILES string of the molecule is CC(C)(C)OC(=O)NC(=NCCCCCCN[C@@H](Cc1ccc(OC(C)(C)C)cc1)C(=O)N[C@@H](Cc1ccc(OC(C)(C)C)cc1)C(=O)NC(=O)[C@H](CCCCNCc1ccccc1)N(CCO)C(=O)OC(C)(C)C)NC(=O)OC(C)(C)C. The van der Waals surface area contributed by atoms with E-state index in [0.29, 0.717) is 62.4 Å². The fourth-order valence-corrected chi connectivity index (χ4v) is 8.21. The van der Waals surface area contributed by atoms with E-state index in [1.165, 1.54) is 0 Å². The predicted molar refractivity (Wildman–Crippen MR) is 323 cm³/mol. The number of carbonyl (C=O) groups is 6. The van der Waals surface area contributed by atoms with Crippen molar-refractivity contribution in [3.63, 3.8) is 0 Å². The van der Waals surface area contributed by atoms with Gasteiger partial charge in [-0.15, -0.1) is 0 Å². The number of hydrogen-bond acceptors (Lipinski definition) is 15. The molecule has 3 aromatic carbocycles. The third kappa shape index (κ3) is 31.5. The minimum atomic E-state index is -1.27. The lowest BCUT2D eigenvalue weighted by atomic mass is 10.0. The van der Waals surface area contributed by atoms with Crippen LogP contribution in [0.2, 0.25) is 0 Å². The van der Waals surface area contributed by atoms with Crippen molar-refractivity contribution in [2.45, 2.75) is 214 Å². The second-order valence-corrected chi connectivity index (χ2v) is 25.5. The number of carbonyl (C=O) groups excluding carboxylic acids is 6. The molecule has 0 aromatic heterocycles. The van der Waals surface area contributed by atoms with Gasteiger partial charge in [-0.05, 0) is 196 Å². The highest BCUT2D eigenvalue weighted by Crippen LogP contribution is 2.22. The van der Waals surface area contributed by atoms with Gasteiger partial charge < -0.3 is 44.7 Å². The molecule has 7 N–H and O–H groups in total. The van der Waals surface area contributed by atoms with Crippen LogP contribution in [0.15, 0.2) is 83.9 Å². The zero-order valence-electron chi connectivity index (χ0n) is 52.2. The third-order valence-electron chi connectivity index (χ3n) is 11.7. The van der Waals surface area contributed by atoms with E-state index in [4.69, 9.17) is 23.7 Å². The van der Waals surface area contributed by atoms with Crippen LogP contribution in [0.3, 0.4) is 0 Å². The highest BCUT2D eigenvalue weighted by atomic mass is 16.6. The van der Waals surface area contributed by atoms with Crippen LogP contribution >= 0.6 is 0 Å². The van der Waals surface area contributed by atoms with Crippen molar-refractivity contribution in [3.8, 4) is 11.5 Å². The molecule has 0 heterocycles. The van der Waals surface area contributed by atoms with Crippen LogP contribution in [0.4, 0.5) is 14.4 Å². The molecular formula is C63H98N8O12. The fourth-order valence-electron chi connectivity index (χ4n) is 8.21. The second kappa shape index (κ2) is 33.5. The Balaban J connectivity index is 1.90. The van der Waals surface area contributed by atoms with Gasteiger partial charge in [0, 0.05) is 26.1 Å². The molecule has 0 saturated heterocycles. The molecule has 3 atom stereocenters. The summed E-state index contributed by atoms with van der Waals surface area (Å²) in [5, 5.41) is 27.5. The molecule has 0 radical (unpaired) electrons. The number of imide groups is 1. The average molecular weight is 1160 g/mol.